The van der Waals surface area contributed by atoms with Crippen molar-refractivity contribution >= 4 is 39.7 Å². The third kappa shape index (κ3) is 5.66. The number of benzene rings is 1. The molecule has 2 fully saturated rings. The molecule has 2 N–H and O–H groups in total. The highest BCUT2D eigenvalue weighted by Crippen LogP contribution is 2.35. The van der Waals surface area contributed by atoms with Gasteiger partial charge >= 0.3 is 0 Å². The lowest BCUT2D eigenvalue weighted by Gasteiger charge is -2.35. The Morgan fingerprint density at radius 2 is 1.78 bits per heavy atom. The number of piperazine rings is 1. The highest BCUT2D eigenvalue weighted by atomic mass is 32.2. The van der Waals surface area contributed by atoms with Crippen molar-refractivity contribution in [1.82, 2.24) is 19.5 Å². The predicted octanol–water partition coefficient (Wildman–Crippen LogP) is 2.92. The lowest BCUT2D eigenvalue weighted by molar-refractivity contribution is -0.109. The van der Waals surface area contributed by atoms with Crippen LogP contribution >= 0.6 is 0 Å². The van der Waals surface area contributed by atoms with Gasteiger partial charge in [-0.05, 0) is 80.0 Å². The Bertz CT molecular complexity index is 1250. The van der Waals surface area contributed by atoms with Crippen LogP contribution in [0.15, 0.2) is 36.5 Å². The van der Waals surface area contributed by atoms with Crippen LogP contribution in [0.2, 0.25) is 0 Å². The third-order valence-corrected chi connectivity index (χ3v) is 9.08. The van der Waals surface area contributed by atoms with Crippen molar-refractivity contribution < 1.29 is 13.2 Å². The lowest BCUT2D eigenvalue weighted by Crippen LogP contribution is -2.48. The number of piperidine rings is 1. The molecule has 0 aliphatic carbocycles. The van der Waals surface area contributed by atoms with Crippen molar-refractivity contribution in [3.8, 4) is 0 Å². The molecule has 1 unspecified atom stereocenters. The fraction of sp³-hybridized carbons (Fsp3) is 0.481. The van der Waals surface area contributed by atoms with Crippen LogP contribution in [-0.2, 0) is 14.8 Å². The summed E-state index contributed by atoms with van der Waals surface area (Å²) in [5.74, 6) is 1.99. The second kappa shape index (κ2) is 10.8. The molecular formula is C27H36N6O3S. The third-order valence-electron chi connectivity index (χ3n) is 7.77. The van der Waals surface area contributed by atoms with Crippen LogP contribution in [0.5, 0.6) is 0 Å². The van der Waals surface area contributed by atoms with Gasteiger partial charge in [0.25, 0.3) is 0 Å². The summed E-state index contributed by atoms with van der Waals surface area (Å²) in [5, 5.41) is 6.58. The Balaban J connectivity index is 1.38. The van der Waals surface area contributed by atoms with Crippen molar-refractivity contribution in [3.63, 3.8) is 0 Å². The summed E-state index contributed by atoms with van der Waals surface area (Å²) < 4.78 is 25.4. The molecule has 3 aliphatic heterocycles. The monoisotopic (exact) mass is 524 g/mol. The molecule has 9 nitrogen and oxygen atoms in total. The first kappa shape index (κ1) is 25.7. The summed E-state index contributed by atoms with van der Waals surface area (Å²) in [7, 11) is -3.21. The maximum atomic E-state index is 11.9. The average Bonchev–Trinajstić information content (AvgIpc) is 2.92. The van der Waals surface area contributed by atoms with E-state index in [1.165, 1.54) is 29.0 Å². The number of nitrogens with zero attached hydrogens (tertiary/aromatic N) is 4. The molecule has 1 atom stereocenters. The smallest absolute Gasteiger partial charge is 0.211 e. The number of fused-ring (bicyclic) bond motifs is 1. The Hall–Kier alpha value is -2.95. The van der Waals surface area contributed by atoms with Crippen LogP contribution in [0.1, 0.15) is 48.4 Å². The van der Waals surface area contributed by atoms with Gasteiger partial charge in [0.1, 0.15) is 24.0 Å². The molecule has 4 heterocycles. The Kier molecular flexibility index (Phi) is 7.50. The molecular weight excluding hydrogens is 488 g/mol. The van der Waals surface area contributed by atoms with Gasteiger partial charge in [0.2, 0.25) is 10.0 Å². The van der Waals surface area contributed by atoms with Crippen LogP contribution in [0.4, 0.5) is 17.3 Å². The van der Waals surface area contributed by atoms with Gasteiger partial charge in [0, 0.05) is 37.4 Å². The Morgan fingerprint density at radius 1 is 1.08 bits per heavy atom. The Morgan fingerprint density at radius 3 is 2.41 bits per heavy atom. The standard InChI is InChI=1S/C27H36N6O3S/c1-3-31-12-9-21(10-13-31)20-4-6-23(7-5-20)29-27-26-22(8-11-28-24(26)19-34)18-25(30-27)32-14-16-33(17-15-32)37(2,35)36/h4-8,11,18-19,21,24,28H,3,9-10,12-17H2,1-2H3,(H,29,30). The van der Waals surface area contributed by atoms with Crippen LogP contribution in [0, 0.1) is 0 Å². The van der Waals surface area contributed by atoms with E-state index in [-0.39, 0.29) is 0 Å². The molecule has 198 valence electrons. The number of sulfonamides is 1. The van der Waals surface area contributed by atoms with E-state index in [2.05, 4.69) is 51.6 Å². The van der Waals surface area contributed by atoms with Gasteiger partial charge < -0.3 is 25.2 Å². The fourth-order valence-corrected chi connectivity index (χ4v) is 6.35. The van der Waals surface area contributed by atoms with Gasteiger partial charge in [-0.15, -0.1) is 0 Å². The summed E-state index contributed by atoms with van der Waals surface area (Å²) in [6, 6.07) is 10.1. The number of nitrogens with one attached hydrogen (secondary N) is 2. The van der Waals surface area contributed by atoms with Gasteiger partial charge in [-0.2, -0.15) is 4.31 Å². The zero-order valence-corrected chi connectivity index (χ0v) is 22.4. The van der Waals surface area contributed by atoms with Gasteiger partial charge in [0.05, 0.1) is 6.26 Å². The quantitative estimate of drug-likeness (QED) is 0.534. The molecule has 10 heteroatoms. The number of carbonyl (C=O) groups is 1. The van der Waals surface area contributed by atoms with Gasteiger partial charge in [-0.3, -0.25) is 0 Å². The number of aromatic nitrogens is 1. The van der Waals surface area contributed by atoms with Crippen LogP contribution in [0.3, 0.4) is 0 Å². The van der Waals surface area contributed by atoms with Crippen molar-refractivity contribution in [1.29, 1.82) is 0 Å². The largest absolute Gasteiger partial charge is 0.378 e. The SMILES string of the molecule is CCN1CCC(c2ccc(Nc3nc(N4CCN(S(C)(=O)=O)CC4)cc4c3C(C=O)NC=C4)cc2)CC1. The highest BCUT2D eigenvalue weighted by Gasteiger charge is 2.27. The molecule has 0 saturated carbocycles. The lowest BCUT2D eigenvalue weighted by atomic mass is 9.89. The van der Waals surface area contributed by atoms with E-state index < -0.39 is 16.1 Å². The van der Waals surface area contributed by atoms with E-state index in [0.29, 0.717) is 37.9 Å². The Labute approximate surface area is 219 Å². The van der Waals surface area contributed by atoms with E-state index in [1.807, 2.05) is 12.1 Å². The molecule has 2 aromatic rings. The summed E-state index contributed by atoms with van der Waals surface area (Å²) in [5.41, 5.74) is 4.02. The number of hydrogen-bond acceptors (Lipinski definition) is 8. The van der Waals surface area contributed by atoms with Crippen molar-refractivity contribution in [2.24, 2.45) is 0 Å². The van der Waals surface area contributed by atoms with E-state index in [4.69, 9.17) is 4.98 Å². The second-order valence-corrected chi connectivity index (χ2v) is 12.0. The minimum atomic E-state index is -3.21. The van der Waals surface area contributed by atoms with Crippen molar-refractivity contribution in [3.05, 3.63) is 53.2 Å². The topological polar surface area (TPSA) is 97.9 Å². The minimum absolute atomic E-state index is 0.424. The van der Waals surface area contributed by atoms with Gasteiger partial charge in [-0.1, -0.05) is 19.1 Å². The summed E-state index contributed by atoms with van der Waals surface area (Å²) in [6.07, 6.45) is 8.25. The molecule has 0 amide bonds. The van der Waals surface area contributed by atoms with E-state index in [0.717, 1.165) is 48.6 Å². The molecule has 1 aromatic heterocycles. The number of hydrogen-bond donors (Lipinski definition) is 2. The normalized spacial score (nSPS) is 21.4. The number of anilines is 3. The first-order chi connectivity index (χ1) is 17.9. The molecule has 0 spiro atoms. The first-order valence-corrected chi connectivity index (χ1v) is 14.9. The van der Waals surface area contributed by atoms with E-state index in [1.54, 1.807) is 6.20 Å². The number of rotatable bonds is 7. The summed E-state index contributed by atoms with van der Waals surface area (Å²) in [4.78, 5) is 21.4. The van der Waals surface area contributed by atoms with E-state index in [9.17, 15) is 13.2 Å². The van der Waals surface area contributed by atoms with Gasteiger partial charge in [0.15, 0.2) is 0 Å². The van der Waals surface area contributed by atoms with Crippen LogP contribution in [0.25, 0.3) is 6.08 Å². The minimum Gasteiger partial charge on any atom is -0.378 e. The number of carbonyl (C=O) groups excluding carboxylic acids is 1. The maximum absolute atomic E-state index is 11.9. The highest BCUT2D eigenvalue weighted by molar-refractivity contribution is 7.88. The first-order valence-electron chi connectivity index (χ1n) is 13.1. The fourth-order valence-electron chi connectivity index (χ4n) is 5.52. The number of likely N-dealkylation sites (tertiary alicyclic amines) is 1. The molecule has 3 aliphatic rings. The van der Waals surface area contributed by atoms with Crippen molar-refractivity contribution in [2.45, 2.75) is 31.7 Å². The predicted molar refractivity (Wildman–Crippen MR) is 148 cm³/mol. The second-order valence-electron chi connectivity index (χ2n) is 10.1. The molecule has 1 aromatic carbocycles. The molecule has 5 rings (SSSR count). The molecule has 0 bridgehead atoms. The van der Waals surface area contributed by atoms with Crippen LogP contribution in [-0.4, -0.2) is 81.0 Å². The maximum Gasteiger partial charge on any atom is 0.211 e. The molecule has 2 saturated heterocycles. The van der Waals surface area contributed by atoms with Crippen molar-refractivity contribution in [2.75, 3.05) is 62.3 Å². The number of pyridine rings is 1. The number of aldehydes is 1. The van der Waals surface area contributed by atoms with E-state index >= 15 is 0 Å². The summed E-state index contributed by atoms with van der Waals surface area (Å²) in [6.45, 7) is 7.60. The zero-order chi connectivity index (χ0) is 26.0. The van der Waals surface area contributed by atoms with Crippen LogP contribution < -0.4 is 15.5 Å². The molecule has 37 heavy (non-hydrogen) atoms. The average molecular weight is 525 g/mol. The summed E-state index contributed by atoms with van der Waals surface area (Å²) >= 11 is 0. The molecule has 0 radical (unpaired) electrons. The zero-order valence-electron chi connectivity index (χ0n) is 21.6. The van der Waals surface area contributed by atoms with Gasteiger partial charge in [-0.25, -0.2) is 13.4 Å².